The Balaban J connectivity index is 3.18. The highest BCUT2D eigenvalue weighted by atomic mass is 16.6. The van der Waals surface area contributed by atoms with Gasteiger partial charge in [-0.3, -0.25) is 19.7 Å². The zero-order valence-corrected chi connectivity index (χ0v) is 12.1. The van der Waals surface area contributed by atoms with Crippen molar-refractivity contribution in [2.75, 3.05) is 32.6 Å². The van der Waals surface area contributed by atoms with E-state index in [1.54, 1.807) is 21.1 Å². The number of benzene rings is 1. The molecule has 0 aliphatic heterocycles. The topological polar surface area (TPSA) is 104 Å². The molecule has 8 nitrogen and oxygen atoms in total. The molecule has 0 atom stereocenters. The first kappa shape index (κ1) is 16.4. The molecule has 8 heteroatoms. The van der Waals surface area contributed by atoms with Gasteiger partial charge < -0.3 is 14.9 Å². The predicted molar refractivity (Wildman–Crippen MR) is 76.6 cm³/mol. The molecule has 114 valence electrons. The minimum atomic E-state index is -0.995. The largest absolute Gasteiger partial charge is 0.481 e. The monoisotopic (exact) mass is 295 g/mol. The number of carbonyl (C=O) groups is 2. The summed E-state index contributed by atoms with van der Waals surface area (Å²) in [5, 5.41) is 19.7. The van der Waals surface area contributed by atoms with Crippen LogP contribution in [0.3, 0.4) is 0 Å². The maximum Gasteiger partial charge on any atom is 0.305 e. The fourth-order valence-corrected chi connectivity index (χ4v) is 1.76. The van der Waals surface area contributed by atoms with Crippen molar-refractivity contribution in [2.24, 2.45) is 0 Å². The summed E-state index contributed by atoms with van der Waals surface area (Å²) in [5.41, 5.74) is 0.356. The molecule has 0 spiro atoms. The van der Waals surface area contributed by atoms with Gasteiger partial charge in [-0.15, -0.1) is 0 Å². The van der Waals surface area contributed by atoms with Crippen molar-refractivity contribution >= 4 is 23.3 Å². The lowest BCUT2D eigenvalue weighted by Gasteiger charge is -2.19. The van der Waals surface area contributed by atoms with Gasteiger partial charge in [-0.2, -0.15) is 0 Å². The molecule has 0 aliphatic carbocycles. The number of carboxylic acid groups (broad SMARTS) is 1. The number of nitro groups is 1. The minimum absolute atomic E-state index is 0.107. The molecular weight excluding hydrogens is 278 g/mol. The van der Waals surface area contributed by atoms with E-state index in [2.05, 4.69) is 0 Å². The van der Waals surface area contributed by atoms with E-state index in [9.17, 15) is 19.7 Å². The van der Waals surface area contributed by atoms with Crippen LogP contribution in [-0.4, -0.2) is 54.5 Å². The van der Waals surface area contributed by atoms with Crippen molar-refractivity contribution in [3.63, 3.8) is 0 Å². The van der Waals surface area contributed by atoms with Gasteiger partial charge in [0.1, 0.15) is 5.69 Å². The van der Waals surface area contributed by atoms with Crippen LogP contribution in [0.5, 0.6) is 0 Å². The third kappa shape index (κ3) is 4.16. The maximum atomic E-state index is 11.9. The molecule has 0 saturated carbocycles. The van der Waals surface area contributed by atoms with Crippen molar-refractivity contribution in [1.82, 2.24) is 4.90 Å². The van der Waals surface area contributed by atoms with Gasteiger partial charge in [0, 0.05) is 39.3 Å². The van der Waals surface area contributed by atoms with E-state index in [0.717, 1.165) is 0 Å². The first-order valence-corrected chi connectivity index (χ1v) is 6.17. The van der Waals surface area contributed by atoms with Crippen LogP contribution in [0.2, 0.25) is 0 Å². The van der Waals surface area contributed by atoms with Crippen LogP contribution in [0.4, 0.5) is 11.4 Å². The van der Waals surface area contributed by atoms with Gasteiger partial charge in [0.2, 0.25) is 0 Å². The standard InChI is InChI=1S/C13H17N3O5/c1-14(2)13(19)9-4-5-10(16(20)21)11(8-9)15(3)7-6-12(17)18/h4-5,8H,6-7H2,1-3H3,(H,17,18). The number of nitro benzene ring substituents is 1. The Morgan fingerprint density at radius 3 is 2.38 bits per heavy atom. The normalized spacial score (nSPS) is 10.0. The summed E-state index contributed by atoms with van der Waals surface area (Å²) in [5.74, 6) is -1.28. The second-order valence-electron chi connectivity index (χ2n) is 4.73. The Bertz CT molecular complexity index is 571. The second-order valence-corrected chi connectivity index (χ2v) is 4.73. The number of amides is 1. The number of carbonyl (C=O) groups excluding carboxylic acids is 1. The summed E-state index contributed by atoms with van der Waals surface area (Å²) >= 11 is 0. The number of carboxylic acids is 1. The van der Waals surface area contributed by atoms with E-state index in [0.29, 0.717) is 5.56 Å². The van der Waals surface area contributed by atoms with E-state index >= 15 is 0 Å². The van der Waals surface area contributed by atoms with E-state index in [4.69, 9.17) is 5.11 Å². The molecule has 1 aromatic carbocycles. The molecular formula is C13H17N3O5. The van der Waals surface area contributed by atoms with Crippen molar-refractivity contribution in [3.05, 3.63) is 33.9 Å². The molecule has 0 aliphatic rings. The van der Waals surface area contributed by atoms with Gasteiger partial charge in [-0.25, -0.2) is 0 Å². The Hall–Kier alpha value is -2.64. The molecule has 1 rings (SSSR count). The second kappa shape index (κ2) is 6.69. The summed E-state index contributed by atoms with van der Waals surface area (Å²) in [6.07, 6.45) is -0.153. The molecule has 0 aromatic heterocycles. The highest BCUT2D eigenvalue weighted by molar-refractivity contribution is 5.95. The van der Waals surface area contributed by atoms with Gasteiger partial charge in [0.25, 0.3) is 11.6 Å². The Morgan fingerprint density at radius 1 is 1.29 bits per heavy atom. The van der Waals surface area contributed by atoms with Gasteiger partial charge in [0.05, 0.1) is 11.3 Å². The number of hydrogen-bond acceptors (Lipinski definition) is 5. The number of rotatable bonds is 6. The molecule has 21 heavy (non-hydrogen) atoms. The zero-order chi connectivity index (χ0) is 16.2. The Kier molecular flexibility index (Phi) is 5.23. The molecule has 1 amide bonds. The highest BCUT2D eigenvalue weighted by Gasteiger charge is 2.20. The van der Waals surface area contributed by atoms with E-state index in [-0.39, 0.29) is 30.2 Å². The third-order valence-electron chi connectivity index (χ3n) is 2.90. The van der Waals surface area contributed by atoms with Gasteiger partial charge >= 0.3 is 5.97 Å². The summed E-state index contributed by atoms with van der Waals surface area (Å²) in [7, 11) is 4.71. The van der Waals surface area contributed by atoms with Gasteiger partial charge in [0.15, 0.2) is 0 Å². The Labute approximate surface area is 121 Å². The molecule has 1 aromatic rings. The molecule has 0 fully saturated rings. The van der Waals surface area contributed by atoms with Crippen molar-refractivity contribution in [2.45, 2.75) is 6.42 Å². The Morgan fingerprint density at radius 2 is 1.90 bits per heavy atom. The van der Waals surface area contributed by atoms with Gasteiger partial charge in [-0.1, -0.05) is 0 Å². The van der Waals surface area contributed by atoms with Crippen molar-refractivity contribution in [3.8, 4) is 0 Å². The van der Waals surface area contributed by atoms with Crippen LogP contribution in [0, 0.1) is 10.1 Å². The summed E-state index contributed by atoms with van der Waals surface area (Å²) < 4.78 is 0. The molecule has 0 radical (unpaired) electrons. The van der Waals surface area contributed by atoms with E-state index < -0.39 is 10.9 Å². The predicted octanol–water partition coefficient (Wildman–Crippen LogP) is 1.21. The molecule has 0 bridgehead atoms. The minimum Gasteiger partial charge on any atom is -0.481 e. The maximum absolute atomic E-state index is 11.9. The van der Waals surface area contributed by atoms with Crippen LogP contribution in [0.15, 0.2) is 18.2 Å². The zero-order valence-electron chi connectivity index (χ0n) is 12.1. The smallest absolute Gasteiger partial charge is 0.305 e. The number of nitrogens with zero attached hydrogens (tertiary/aromatic N) is 3. The van der Waals surface area contributed by atoms with Crippen molar-refractivity contribution < 1.29 is 19.6 Å². The SMILES string of the molecule is CN(C)C(=O)c1ccc([N+](=O)[O-])c(N(C)CCC(=O)O)c1. The fraction of sp³-hybridized carbons (Fsp3) is 0.385. The van der Waals surface area contributed by atoms with Crippen LogP contribution in [-0.2, 0) is 4.79 Å². The molecule has 0 unspecified atom stereocenters. The molecule has 0 saturated heterocycles. The number of hydrogen-bond donors (Lipinski definition) is 1. The third-order valence-corrected chi connectivity index (χ3v) is 2.90. The molecule has 1 N–H and O–H groups in total. The first-order chi connectivity index (χ1) is 9.73. The van der Waals surface area contributed by atoms with Gasteiger partial charge in [-0.05, 0) is 12.1 Å². The van der Waals surface area contributed by atoms with E-state index in [1.165, 1.54) is 28.0 Å². The van der Waals surface area contributed by atoms with Crippen LogP contribution in [0.1, 0.15) is 16.8 Å². The molecule has 0 heterocycles. The van der Waals surface area contributed by atoms with Crippen molar-refractivity contribution in [1.29, 1.82) is 0 Å². The summed E-state index contributed by atoms with van der Waals surface area (Å²) in [4.78, 5) is 35.8. The van der Waals surface area contributed by atoms with Crippen LogP contribution < -0.4 is 4.90 Å². The average Bonchev–Trinajstić information content (AvgIpc) is 2.42. The lowest BCUT2D eigenvalue weighted by atomic mass is 10.1. The summed E-state index contributed by atoms with van der Waals surface area (Å²) in [6, 6.07) is 4.04. The number of anilines is 1. The summed E-state index contributed by atoms with van der Waals surface area (Å²) in [6.45, 7) is 0.107. The average molecular weight is 295 g/mol. The lowest BCUT2D eigenvalue weighted by Crippen LogP contribution is -2.24. The fourth-order valence-electron chi connectivity index (χ4n) is 1.76. The van der Waals surface area contributed by atoms with Crippen LogP contribution in [0.25, 0.3) is 0 Å². The highest BCUT2D eigenvalue weighted by Crippen LogP contribution is 2.29. The lowest BCUT2D eigenvalue weighted by molar-refractivity contribution is -0.384. The van der Waals surface area contributed by atoms with Crippen LogP contribution >= 0.6 is 0 Å². The quantitative estimate of drug-likeness (QED) is 0.625. The van der Waals surface area contributed by atoms with E-state index in [1.807, 2.05) is 0 Å². The first-order valence-electron chi connectivity index (χ1n) is 6.17. The number of aliphatic carboxylic acids is 1.